The molecule has 0 fully saturated rings. The maximum atomic E-state index is 13.4. The van der Waals surface area contributed by atoms with E-state index in [1.807, 2.05) is 37.3 Å². The number of carbonyl (C=O) groups is 1. The Kier molecular flexibility index (Phi) is 15.1. The molecule has 0 aliphatic heterocycles. The van der Waals surface area contributed by atoms with E-state index in [1.54, 1.807) is 0 Å². The van der Waals surface area contributed by atoms with Gasteiger partial charge in [-0.15, -0.1) is 0 Å². The van der Waals surface area contributed by atoms with Crippen molar-refractivity contribution < 1.29 is 18.8 Å². The van der Waals surface area contributed by atoms with E-state index < -0.39 is 6.29 Å². The quantitative estimate of drug-likeness (QED) is 0.0751. The number of carbonyl (C=O) groups excluding carboxylic acids is 1. The average Bonchev–Trinajstić information content (AvgIpc) is 2.90. The first-order valence-electron chi connectivity index (χ1n) is 15.2. The Morgan fingerprint density at radius 1 is 0.763 bits per heavy atom. The molecular formula is C34H54NO3+. The number of benzene rings is 2. The van der Waals surface area contributed by atoms with Crippen molar-refractivity contribution in [3.63, 3.8) is 0 Å². The van der Waals surface area contributed by atoms with Crippen molar-refractivity contribution >= 4 is 5.97 Å². The van der Waals surface area contributed by atoms with E-state index in [0.717, 1.165) is 31.6 Å². The Hall–Kier alpha value is -2.33. The van der Waals surface area contributed by atoms with Crippen LogP contribution < -0.4 is 4.74 Å². The molecule has 2 atom stereocenters. The minimum Gasteiger partial charge on any atom is -0.455 e. The first-order chi connectivity index (χ1) is 18.4. The van der Waals surface area contributed by atoms with Crippen LogP contribution in [0.25, 0.3) is 0 Å². The smallest absolute Gasteiger partial charge is 0.368 e. The third-order valence-electron chi connectivity index (χ3n) is 7.43. The maximum absolute atomic E-state index is 13.4. The minimum absolute atomic E-state index is 0.175. The summed E-state index contributed by atoms with van der Waals surface area (Å²) in [5.41, 5.74) is 2.51. The van der Waals surface area contributed by atoms with E-state index >= 15 is 0 Å². The largest absolute Gasteiger partial charge is 0.455 e. The summed E-state index contributed by atoms with van der Waals surface area (Å²) in [5, 5.41) is 0. The summed E-state index contributed by atoms with van der Waals surface area (Å²) in [7, 11) is 4.23. The lowest BCUT2D eigenvalue weighted by molar-refractivity contribution is -0.920. The summed E-state index contributed by atoms with van der Waals surface area (Å²) >= 11 is 0. The predicted molar refractivity (Wildman–Crippen MR) is 159 cm³/mol. The number of hydrogen-bond donors (Lipinski definition) is 0. The summed E-state index contributed by atoms with van der Waals surface area (Å²) in [6, 6.07) is 18.4. The Morgan fingerprint density at radius 3 is 2.03 bits per heavy atom. The van der Waals surface area contributed by atoms with Crippen LogP contribution in [0.5, 0.6) is 5.75 Å². The number of nitrogens with zero attached hydrogens (tertiary/aromatic N) is 1. The fourth-order valence-electron chi connectivity index (χ4n) is 5.15. The zero-order chi connectivity index (χ0) is 27.6. The molecule has 0 aliphatic carbocycles. The highest BCUT2D eigenvalue weighted by Gasteiger charge is 2.37. The van der Waals surface area contributed by atoms with Gasteiger partial charge in [-0.3, -0.25) is 0 Å². The number of unbranched alkanes of at least 4 members (excludes halogenated alkanes) is 8. The molecule has 2 rings (SSSR count). The molecule has 0 aliphatic rings. The van der Waals surface area contributed by atoms with Crippen molar-refractivity contribution in [1.82, 2.24) is 0 Å². The topological polar surface area (TPSA) is 35.5 Å². The van der Waals surface area contributed by atoms with Crippen molar-refractivity contribution in [2.24, 2.45) is 0 Å². The van der Waals surface area contributed by atoms with Crippen molar-refractivity contribution in [2.45, 2.75) is 123 Å². The van der Waals surface area contributed by atoms with Crippen molar-refractivity contribution in [1.29, 1.82) is 0 Å². The molecule has 0 radical (unpaired) electrons. The molecule has 0 N–H and O–H groups in total. The first-order valence-corrected chi connectivity index (χ1v) is 15.2. The fourth-order valence-corrected chi connectivity index (χ4v) is 5.15. The normalized spacial score (nSPS) is 13.2. The van der Waals surface area contributed by atoms with Gasteiger partial charge >= 0.3 is 5.97 Å². The molecule has 2 aromatic carbocycles. The molecule has 2 aromatic rings. The van der Waals surface area contributed by atoms with Gasteiger partial charge < -0.3 is 14.0 Å². The fraction of sp³-hybridized carbons (Fsp3) is 0.618. The minimum atomic E-state index is -0.582. The van der Waals surface area contributed by atoms with Gasteiger partial charge in [-0.05, 0) is 37.0 Å². The van der Waals surface area contributed by atoms with Crippen LogP contribution in [-0.2, 0) is 22.5 Å². The number of quaternary nitrogens is 1. The van der Waals surface area contributed by atoms with Crippen molar-refractivity contribution in [2.75, 3.05) is 14.1 Å². The predicted octanol–water partition coefficient (Wildman–Crippen LogP) is 8.86. The van der Waals surface area contributed by atoms with Gasteiger partial charge in [-0.1, -0.05) is 115 Å². The van der Waals surface area contributed by atoms with Crippen LogP contribution in [0.4, 0.5) is 0 Å². The lowest BCUT2D eigenvalue weighted by Crippen LogP contribution is -2.53. The summed E-state index contributed by atoms with van der Waals surface area (Å²) < 4.78 is 12.7. The molecule has 2 unspecified atom stereocenters. The number of rotatable bonds is 20. The molecule has 0 amide bonds. The number of esters is 1. The van der Waals surface area contributed by atoms with Gasteiger partial charge in [0.2, 0.25) is 6.29 Å². The molecule has 212 valence electrons. The summed E-state index contributed by atoms with van der Waals surface area (Å²) in [5.74, 6) is 0.605. The van der Waals surface area contributed by atoms with Crippen LogP contribution in [-0.4, -0.2) is 36.9 Å². The monoisotopic (exact) mass is 524 g/mol. The second-order valence-corrected chi connectivity index (χ2v) is 11.3. The highest BCUT2D eigenvalue weighted by Crippen LogP contribution is 2.23. The van der Waals surface area contributed by atoms with Crippen molar-refractivity contribution in [3.8, 4) is 5.75 Å². The number of aryl methyl sites for hydroxylation is 1. The summed E-state index contributed by atoms with van der Waals surface area (Å²) in [6.45, 7) is 7.17. The molecule has 0 saturated heterocycles. The van der Waals surface area contributed by atoms with E-state index in [1.165, 1.54) is 68.9 Å². The Balaban J connectivity index is 1.86. The van der Waals surface area contributed by atoms with Crippen LogP contribution in [0.2, 0.25) is 0 Å². The molecule has 4 nitrogen and oxygen atoms in total. The third kappa shape index (κ3) is 12.0. The van der Waals surface area contributed by atoms with Gasteiger partial charge in [0.05, 0.1) is 14.1 Å². The SMILES string of the molecule is CCCCCCCCCCCc1cccc(OC(CC)OC(=O)C(CCC)[N+](C)(C)Cc2ccccc2)c1. The van der Waals surface area contributed by atoms with Crippen LogP contribution in [0.15, 0.2) is 54.6 Å². The van der Waals surface area contributed by atoms with E-state index in [4.69, 9.17) is 9.47 Å². The van der Waals surface area contributed by atoms with E-state index in [9.17, 15) is 4.79 Å². The molecule has 0 saturated carbocycles. The maximum Gasteiger partial charge on any atom is 0.368 e. The zero-order valence-electron chi connectivity index (χ0n) is 24.9. The second kappa shape index (κ2) is 18.0. The molecule has 0 spiro atoms. The number of ether oxygens (including phenoxy) is 2. The van der Waals surface area contributed by atoms with E-state index in [-0.39, 0.29) is 12.0 Å². The van der Waals surface area contributed by atoms with Gasteiger partial charge in [-0.2, -0.15) is 0 Å². The Morgan fingerprint density at radius 2 is 1.39 bits per heavy atom. The molecule has 0 bridgehead atoms. The van der Waals surface area contributed by atoms with Gasteiger partial charge in [0.1, 0.15) is 12.3 Å². The second-order valence-electron chi connectivity index (χ2n) is 11.3. The van der Waals surface area contributed by atoms with Crippen molar-refractivity contribution in [3.05, 3.63) is 65.7 Å². The van der Waals surface area contributed by atoms with Crippen LogP contribution in [0.3, 0.4) is 0 Å². The molecule has 4 heteroatoms. The van der Waals surface area contributed by atoms with Crippen LogP contribution in [0, 0.1) is 0 Å². The number of hydrogen-bond acceptors (Lipinski definition) is 3. The van der Waals surface area contributed by atoms with Gasteiger partial charge in [0, 0.05) is 18.4 Å². The Bertz CT molecular complexity index is 896. The molecule has 0 heterocycles. The number of likely N-dealkylation sites (N-methyl/N-ethyl adjacent to an activating group) is 1. The highest BCUT2D eigenvalue weighted by atomic mass is 16.7. The summed E-state index contributed by atoms with van der Waals surface area (Å²) in [4.78, 5) is 13.4. The highest BCUT2D eigenvalue weighted by molar-refractivity contribution is 5.74. The van der Waals surface area contributed by atoms with Gasteiger partial charge in [0.25, 0.3) is 0 Å². The lowest BCUT2D eigenvalue weighted by atomic mass is 10.0. The third-order valence-corrected chi connectivity index (χ3v) is 7.43. The molecule has 0 aromatic heterocycles. The first kappa shape index (κ1) is 31.9. The van der Waals surface area contributed by atoms with Crippen LogP contribution in [0.1, 0.15) is 109 Å². The van der Waals surface area contributed by atoms with Gasteiger partial charge in [-0.25, -0.2) is 4.79 Å². The molecular weight excluding hydrogens is 470 g/mol. The van der Waals surface area contributed by atoms with Gasteiger partial charge in [0.15, 0.2) is 6.04 Å². The summed E-state index contributed by atoms with van der Waals surface area (Å²) in [6.07, 6.45) is 14.8. The molecule has 38 heavy (non-hydrogen) atoms. The lowest BCUT2D eigenvalue weighted by Gasteiger charge is -2.37. The van der Waals surface area contributed by atoms with E-state index in [0.29, 0.717) is 10.9 Å². The standard InChI is InChI=1S/C34H54NO3/c1-6-9-10-11-12-13-14-15-17-22-29-25-20-26-31(27-29)37-33(8-3)38-34(36)32(21-7-2)35(4,5)28-30-23-18-16-19-24-30/h16,18-20,23-27,32-33H,6-15,17,21-22,28H2,1-5H3/q+1. The van der Waals surface area contributed by atoms with E-state index in [2.05, 4.69) is 52.2 Å². The average molecular weight is 525 g/mol. The zero-order valence-corrected chi connectivity index (χ0v) is 24.9. The van der Waals surface area contributed by atoms with Crippen LogP contribution >= 0.6 is 0 Å². The Labute approximate surface area is 233 Å².